The highest BCUT2D eigenvalue weighted by Crippen LogP contribution is 2.17. The molecule has 0 aromatic rings. The lowest BCUT2D eigenvalue weighted by molar-refractivity contribution is -0.125. The molecular weight excluding hydrogens is 162 g/mol. The van der Waals surface area contributed by atoms with Crippen molar-refractivity contribution < 1.29 is 4.79 Å². The van der Waals surface area contributed by atoms with E-state index in [9.17, 15) is 4.79 Å². The Morgan fingerprint density at radius 2 is 2.09 bits per heavy atom. The fourth-order valence-corrected chi connectivity index (χ4v) is 1.22. The Hall–Kier alpha value is -0.0800. The maximum absolute atomic E-state index is 11.2. The summed E-state index contributed by atoms with van der Waals surface area (Å²) < 4.78 is 0. The minimum atomic E-state index is 0. The number of Topliss-reactive ketones (excluding diaryl/α,β-unsaturated/α-hetero) is 1. The summed E-state index contributed by atoms with van der Waals surface area (Å²) in [6.07, 6.45) is 0.675. The van der Waals surface area contributed by atoms with Crippen LogP contribution in [0.4, 0.5) is 0 Å². The number of rotatable bonds is 0. The van der Waals surface area contributed by atoms with Crippen LogP contribution in [0.2, 0.25) is 0 Å². The lowest BCUT2D eigenvalue weighted by Gasteiger charge is -2.33. The van der Waals surface area contributed by atoms with E-state index in [1.54, 1.807) is 0 Å². The van der Waals surface area contributed by atoms with E-state index < -0.39 is 0 Å². The summed E-state index contributed by atoms with van der Waals surface area (Å²) in [6.45, 7) is 6.95. The first-order chi connectivity index (χ1) is 4.51. The van der Waals surface area contributed by atoms with E-state index in [1.807, 2.05) is 6.92 Å². The zero-order valence-corrected chi connectivity index (χ0v) is 8.12. The second-order valence-corrected chi connectivity index (χ2v) is 3.81. The first-order valence-electron chi connectivity index (χ1n) is 3.79. The molecule has 0 aliphatic carbocycles. The number of piperidine rings is 1. The molecule has 11 heavy (non-hydrogen) atoms. The smallest absolute Gasteiger partial charge is 0.138 e. The Kier molecular flexibility index (Phi) is 3.52. The summed E-state index contributed by atoms with van der Waals surface area (Å²) in [5, 5.41) is 3.32. The van der Waals surface area contributed by atoms with Crippen molar-refractivity contribution >= 4 is 18.2 Å². The van der Waals surface area contributed by atoms with Crippen LogP contribution in [0, 0.1) is 5.92 Å². The zero-order valence-electron chi connectivity index (χ0n) is 7.31. The molecule has 1 atom stereocenters. The third-order valence-electron chi connectivity index (χ3n) is 2.05. The van der Waals surface area contributed by atoms with Gasteiger partial charge in [0.05, 0.1) is 0 Å². The molecule has 1 unspecified atom stereocenters. The fourth-order valence-electron chi connectivity index (χ4n) is 1.22. The van der Waals surface area contributed by atoms with Gasteiger partial charge in [0.25, 0.3) is 0 Å². The summed E-state index contributed by atoms with van der Waals surface area (Å²) in [6, 6.07) is 0. The number of nitrogens with one attached hydrogen (secondary N) is 1. The average Bonchev–Trinajstić information content (AvgIpc) is 1.79. The van der Waals surface area contributed by atoms with Crippen molar-refractivity contribution in [1.82, 2.24) is 5.32 Å². The second kappa shape index (κ2) is 3.55. The zero-order chi connectivity index (χ0) is 7.78. The number of ketones is 1. The van der Waals surface area contributed by atoms with Crippen LogP contribution in [0.5, 0.6) is 0 Å². The SMILES string of the molecule is CC1CNC(C)(C)CC1=O.Cl. The van der Waals surface area contributed by atoms with Gasteiger partial charge in [0.2, 0.25) is 0 Å². The van der Waals surface area contributed by atoms with Crippen molar-refractivity contribution in [1.29, 1.82) is 0 Å². The van der Waals surface area contributed by atoms with Crippen molar-refractivity contribution in [2.24, 2.45) is 5.92 Å². The lowest BCUT2D eigenvalue weighted by Crippen LogP contribution is -2.50. The van der Waals surface area contributed by atoms with Gasteiger partial charge in [-0.3, -0.25) is 4.79 Å². The van der Waals surface area contributed by atoms with E-state index in [1.165, 1.54) is 0 Å². The number of carbonyl (C=O) groups is 1. The summed E-state index contributed by atoms with van der Waals surface area (Å²) in [7, 11) is 0. The third-order valence-corrected chi connectivity index (χ3v) is 2.05. The molecule has 1 aliphatic rings. The molecule has 1 heterocycles. The van der Waals surface area contributed by atoms with Crippen LogP contribution in [0.15, 0.2) is 0 Å². The van der Waals surface area contributed by atoms with Gasteiger partial charge >= 0.3 is 0 Å². The molecule has 0 bridgehead atoms. The molecule has 0 aromatic carbocycles. The molecule has 0 aromatic heterocycles. The molecule has 3 heteroatoms. The molecule has 0 saturated carbocycles. The van der Waals surface area contributed by atoms with Crippen molar-refractivity contribution in [2.45, 2.75) is 32.7 Å². The molecule has 1 fully saturated rings. The van der Waals surface area contributed by atoms with Crippen LogP contribution in [-0.2, 0) is 4.79 Å². The highest BCUT2D eigenvalue weighted by Gasteiger charge is 2.29. The van der Waals surface area contributed by atoms with Crippen molar-refractivity contribution in [3.8, 4) is 0 Å². The number of halogens is 1. The quantitative estimate of drug-likeness (QED) is 0.606. The van der Waals surface area contributed by atoms with Gasteiger partial charge in [-0.2, -0.15) is 0 Å². The van der Waals surface area contributed by atoms with Gasteiger partial charge in [-0.25, -0.2) is 0 Å². The van der Waals surface area contributed by atoms with E-state index in [4.69, 9.17) is 0 Å². The average molecular weight is 178 g/mol. The largest absolute Gasteiger partial charge is 0.311 e. The lowest BCUT2D eigenvalue weighted by atomic mass is 9.87. The molecule has 0 radical (unpaired) electrons. The topological polar surface area (TPSA) is 29.1 Å². The first-order valence-corrected chi connectivity index (χ1v) is 3.79. The maximum Gasteiger partial charge on any atom is 0.138 e. The third kappa shape index (κ3) is 2.80. The van der Waals surface area contributed by atoms with E-state index in [0.29, 0.717) is 12.2 Å². The van der Waals surface area contributed by atoms with Gasteiger partial charge < -0.3 is 5.32 Å². The second-order valence-electron chi connectivity index (χ2n) is 3.81. The van der Waals surface area contributed by atoms with E-state index in [0.717, 1.165) is 6.54 Å². The van der Waals surface area contributed by atoms with Gasteiger partial charge in [0.1, 0.15) is 5.78 Å². The normalized spacial score (nSPS) is 29.4. The monoisotopic (exact) mass is 177 g/mol. The molecule has 0 spiro atoms. The Balaban J connectivity index is 0.000001000. The highest BCUT2D eigenvalue weighted by molar-refractivity contribution is 5.85. The maximum atomic E-state index is 11.2. The Morgan fingerprint density at radius 1 is 1.55 bits per heavy atom. The first kappa shape index (κ1) is 10.9. The van der Waals surface area contributed by atoms with Gasteiger partial charge in [-0.15, -0.1) is 12.4 Å². The summed E-state index contributed by atoms with van der Waals surface area (Å²) in [5.41, 5.74) is 0.0313. The fraction of sp³-hybridized carbons (Fsp3) is 0.875. The van der Waals surface area contributed by atoms with Crippen LogP contribution in [0.25, 0.3) is 0 Å². The predicted molar refractivity (Wildman–Crippen MR) is 48.1 cm³/mol. The van der Waals surface area contributed by atoms with Crippen molar-refractivity contribution in [3.05, 3.63) is 0 Å². The van der Waals surface area contributed by atoms with Crippen LogP contribution in [0.3, 0.4) is 0 Å². The highest BCUT2D eigenvalue weighted by atomic mass is 35.5. The standard InChI is InChI=1S/C8H15NO.ClH/c1-6-5-9-8(2,3)4-7(6)10;/h6,9H,4-5H2,1-3H3;1H. The molecule has 1 aliphatic heterocycles. The van der Waals surface area contributed by atoms with Crippen LogP contribution in [-0.4, -0.2) is 17.9 Å². The predicted octanol–water partition coefficient (Wildman–Crippen LogP) is 1.39. The molecule has 0 amide bonds. The van der Waals surface area contributed by atoms with Gasteiger partial charge in [0, 0.05) is 24.4 Å². The van der Waals surface area contributed by atoms with Gasteiger partial charge in [-0.05, 0) is 13.8 Å². The van der Waals surface area contributed by atoms with Gasteiger partial charge in [0.15, 0.2) is 0 Å². The Morgan fingerprint density at radius 3 is 2.45 bits per heavy atom. The van der Waals surface area contributed by atoms with Crippen molar-refractivity contribution in [3.63, 3.8) is 0 Å². The summed E-state index contributed by atoms with van der Waals surface area (Å²) in [5.74, 6) is 0.608. The minimum absolute atomic E-state index is 0. The van der Waals surface area contributed by atoms with Crippen LogP contribution in [0.1, 0.15) is 27.2 Å². The molecule has 1 rings (SSSR count). The Bertz CT molecular complexity index is 156. The summed E-state index contributed by atoms with van der Waals surface area (Å²) >= 11 is 0. The number of hydrogen-bond donors (Lipinski definition) is 1. The van der Waals surface area contributed by atoms with E-state index in [-0.39, 0.29) is 23.9 Å². The Labute approximate surface area is 74.2 Å². The van der Waals surface area contributed by atoms with E-state index in [2.05, 4.69) is 19.2 Å². The summed E-state index contributed by atoms with van der Waals surface area (Å²) in [4.78, 5) is 11.2. The van der Waals surface area contributed by atoms with Crippen molar-refractivity contribution in [2.75, 3.05) is 6.54 Å². The molecule has 66 valence electrons. The van der Waals surface area contributed by atoms with E-state index >= 15 is 0 Å². The number of hydrogen-bond acceptors (Lipinski definition) is 2. The van der Waals surface area contributed by atoms with Crippen LogP contribution < -0.4 is 5.32 Å². The number of carbonyl (C=O) groups excluding carboxylic acids is 1. The molecule has 2 nitrogen and oxygen atoms in total. The molecular formula is C8H16ClNO. The molecule has 1 saturated heterocycles. The molecule has 1 N–H and O–H groups in total. The minimum Gasteiger partial charge on any atom is -0.311 e. The van der Waals surface area contributed by atoms with Crippen LogP contribution >= 0.6 is 12.4 Å². The van der Waals surface area contributed by atoms with Gasteiger partial charge in [-0.1, -0.05) is 6.92 Å².